The molecule has 0 N–H and O–H groups in total. The van der Waals surface area contributed by atoms with Crippen LogP contribution in [0, 0.1) is 0 Å². The van der Waals surface area contributed by atoms with Crippen molar-refractivity contribution in [2.75, 3.05) is 7.05 Å². The third-order valence-electron chi connectivity index (χ3n) is 5.00. The van der Waals surface area contributed by atoms with Crippen molar-refractivity contribution in [2.24, 2.45) is 0 Å². The molecule has 4 rings (SSSR count). The first-order valence-electron chi connectivity index (χ1n) is 9.78. The Labute approximate surface area is 165 Å². The minimum Gasteiger partial charge on any atom is -0.336 e. The quantitative estimate of drug-likeness (QED) is 0.676. The Hall–Kier alpha value is -2.89. The van der Waals surface area contributed by atoms with E-state index in [1.165, 1.54) is 12.8 Å². The fourth-order valence-electron chi connectivity index (χ4n) is 3.35. The molecule has 1 fully saturated rings. The lowest BCUT2D eigenvalue weighted by atomic mass is 10.1. The van der Waals surface area contributed by atoms with Crippen molar-refractivity contribution in [3.05, 3.63) is 65.7 Å². The van der Waals surface area contributed by atoms with Gasteiger partial charge >= 0.3 is 0 Å². The average Bonchev–Trinajstić information content (AvgIpc) is 3.24. The highest BCUT2D eigenvalue weighted by Gasteiger charge is 2.32. The number of benzene rings is 1. The molecule has 1 aliphatic rings. The highest BCUT2D eigenvalue weighted by Crippen LogP contribution is 2.40. The van der Waals surface area contributed by atoms with E-state index < -0.39 is 0 Å². The van der Waals surface area contributed by atoms with E-state index in [1.54, 1.807) is 4.90 Å². The maximum absolute atomic E-state index is 13.2. The number of aromatic nitrogens is 4. The van der Waals surface area contributed by atoms with Crippen molar-refractivity contribution in [1.29, 1.82) is 0 Å². The monoisotopic (exact) mass is 377 g/mol. The van der Waals surface area contributed by atoms with Crippen LogP contribution in [0.4, 0.5) is 0 Å². The molecule has 0 spiro atoms. The normalized spacial score (nSPS) is 14.3. The van der Waals surface area contributed by atoms with Crippen LogP contribution in [0.15, 0.2) is 48.8 Å². The Kier molecular flexibility index (Phi) is 4.57. The molecule has 146 valence electrons. The predicted molar refractivity (Wildman–Crippen MR) is 109 cm³/mol. The van der Waals surface area contributed by atoms with Gasteiger partial charge in [0.05, 0.1) is 23.1 Å². The van der Waals surface area contributed by atoms with Crippen molar-refractivity contribution in [3.63, 3.8) is 0 Å². The Bertz CT molecular complexity index is 976. The van der Waals surface area contributed by atoms with Crippen LogP contribution in [-0.2, 0) is 12.1 Å². The first-order valence-corrected chi connectivity index (χ1v) is 9.78. The molecule has 1 aliphatic carbocycles. The molecule has 0 unspecified atom stereocenters. The van der Waals surface area contributed by atoms with E-state index >= 15 is 0 Å². The maximum Gasteiger partial charge on any atom is 0.272 e. The first-order chi connectivity index (χ1) is 13.3. The second-order valence-electron chi connectivity index (χ2n) is 8.60. The number of rotatable bonds is 5. The lowest BCUT2D eigenvalue weighted by Gasteiger charge is -2.24. The van der Waals surface area contributed by atoms with Gasteiger partial charge in [-0.1, -0.05) is 18.2 Å². The summed E-state index contributed by atoms with van der Waals surface area (Å²) in [6.45, 7) is 6.74. The van der Waals surface area contributed by atoms with Crippen molar-refractivity contribution in [2.45, 2.75) is 51.6 Å². The van der Waals surface area contributed by atoms with Gasteiger partial charge in [0.25, 0.3) is 5.91 Å². The summed E-state index contributed by atoms with van der Waals surface area (Å²) in [4.78, 5) is 14.9. The molecule has 3 aromatic rings. The number of para-hydroxylation sites is 1. The van der Waals surface area contributed by atoms with E-state index in [0.29, 0.717) is 18.2 Å². The molecule has 2 heterocycles. The van der Waals surface area contributed by atoms with Gasteiger partial charge in [-0.15, -0.1) is 0 Å². The maximum atomic E-state index is 13.2. The van der Waals surface area contributed by atoms with Crippen LogP contribution < -0.4 is 0 Å². The second-order valence-corrected chi connectivity index (χ2v) is 8.60. The van der Waals surface area contributed by atoms with E-state index in [9.17, 15) is 4.79 Å². The molecule has 1 amide bonds. The first kappa shape index (κ1) is 18.5. The summed E-state index contributed by atoms with van der Waals surface area (Å²) in [5, 5.41) is 9.18. The lowest BCUT2D eigenvalue weighted by molar-refractivity contribution is 0.0764. The number of hydrogen-bond donors (Lipinski definition) is 0. The number of carbonyl (C=O) groups is 1. The van der Waals surface area contributed by atoms with Gasteiger partial charge in [-0.05, 0) is 51.8 Å². The molecule has 1 aromatic carbocycles. The van der Waals surface area contributed by atoms with Gasteiger partial charge in [-0.2, -0.15) is 10.2 Å². The van der Waals surface area contributed by atoms with Gasteiger partial charge in [0.15, 0.2) is 0 Å². The highest BCUT2D eigenvalue weighted by molar-refractivity contribution is 5.92. The highest BCUT2D eigenvalue weighted by atomic mass is 16.2. The Morgan fingerprint density at radius 2 is 1.93 bits per heavy atom. The standard InChI is InChI=1S/C22H27N5O/c1-22(2,3)27-20(12-19(24-27)17-10-11-17)21(28)25(4)14-16-13-23-26(15-16)18-8-6-5-7-9-18/h5-9,12-13,15,17H,10-11,14H2,1-4H3. The van der Waals surface area contributed by atoms with Gasteiger partial charge in [0.2, 0.25) is 0 Å². The Morgan fingerprint density at radius 1 is 1.21 bits per heavy atom. The zero-order chi connectivity index (χ0) is 19.9. The van der Waals surface area contributed by atoms with Crippen LogP contribution >= 0.6 is 0 Å². The summed E-state index contributed by atoms with van der Waals surface area (Å²) < 4.78 is 3.71. The van der Waals surface area contributed by atoms with Crippen LogP contribution in [0.1, 0.15) is 61.3 Å². The van der Waals surface area contributed by atoms with E-state index in [0.717, 1.165) is 16.9 Å². The Morgan fingerprint density at radius 3 is 2.57 bits per heavy atom. The SMILES string of the molecule is CN(Cc1cnn(-c2ccccc2)c1)C(=O)c1cc(C2CC2)nn1C(C)(C)C. The van der Waals surface area contributed by atoms with E-state index in [4.69, 9.17) is 5.10 Å². The van der Waals surface area contributed by atoms with Crippen LogP contribution in [0.5, 0.6) is 0 Å². The lowest BCUT2D eigenvalue weighted by Crippen LogP contribution is -2.33. The summed E-state index contributed by atoms with van der Waals surface area (Å²) in [6.07, 6.45) is 6.12. The molecule has 6 nitrogen and oxygen atoms in total. The largest absolute Gasteiger partial charge is 0.336 e. The summed E-state index contributed by atoms with van der Waals surface area (Å²) in [5.41, 5.74) is 3.46. The molecule has 1 saturated carbocycles. The minimum atomic E-state index is -0.239. The number of hydrogen-bond acceptors (Lipinski definition) is 3. The number of amides is 1. The topological polar surface area (TPSA) is 56.0 Å². The van der Waals surface area contributed by atoms with Crippen LogP contribution in [0.25, 0.3) is 5.69 Å². The van der Waals surface area contributed by atoms with Crippen LogP contribution in [0.2, 0.25) is 0 Å². The van der Waals surface area contributed by atoms with Crippen molar-refractivity contribution in [3.8, 4) is 5.69 Å². The third-order valence-corrected chi connectivity index (χ3v) is 5.00. The van der Waals surface area contributed by atoms with Crippen molar-refractivity contribution in [1.82, 2.24) is 24.5 Å². The van der Waals surface area contributed by atoms with Gasteiger partial charge < -0.3 is 4.90 Å². The molecule has 28 heavy (non-hydrogen) atoms. The predicted octanol–water partition coefficient (Wildman–Crippen LogP) is 3.97. The zero-order valence-corrected chi connectivity index (χ0v) is 17.0. The summed E-state index contributed by atoms with van der Waals surface area (Å²) in [7, 11) is 1.83. The third kappa shape index (κ3) is 3.72. The van der Waals surface area contributed by atoms with Gasteiger partial charge in [-0.25, -0.2) is 4.68 Å². The zero-order valence-electron chi connectivity index (χ0n) is 17.0. The molecule has 2 aromatic heterocycles. The smallest absolute Gasteiger partial charge is 0.272 e. The second kappa shape index (κ2) is 6.93. The molecule has 0 saturated heterocycles. The van der Waals surface area contributed by atoms with E-state index in [1.807, 2.05) is 65.2 Å². The fraction of sp³-hybridized carbons (Fsp3) is 0.409. The molecule has 0 atom stereocenters. The molecule has 6 heteroatoms. The average molecular weight is 377 g/mol. The molecular formula is C22H27N5O. The van der Waals surface area contributed by atoms with Crippen LogP contribution in [0.3, 0.4) is 0 Å². The molecular weight excluding hydrogens is 350 g/mol. The molecule has 0 aliphatic heterocycles. The van der Waals surface area contributed by atoms with Gasteiger partial charge in [0, 0.05) is 31.3 Å². The summed E-state index contributed by atoms with van der Waals surface area (Å²) in [5.74, 6) is 0.506. The number of carbonyl (C=O) groups excluding carboxylic acids is 1. The van der Waals surface area contributed by atoms with E-state index in [2.05, 4.69) is 25.9 Å². The summed E-state index contributed by atoms with van der Waals surface area (Å²) in [6, 6.07) is 11.9. The van der Waals surface area contributed by atoms with E-state index in [-0.39, 0.29) is 11.4 Å². The van der Waals surface area contributed by atoms with Gasteiger partial charge in [-0.3, -0.25) is 9.48 Å². The van der Waals surface area contributed by atoms with Crippen molar-refractivity contribution >= 4 is 5.91 Å². The fourth-order valence-corrected chi connectivity index (χ4v) is 3.35. The van der Waals surface area contributed by atoms with Crippen LogP contribution in [-0.4, -0.2) is 37.4 Å². The van der Waals surface area contributed by atoms with Crippen molar-refractivity contribution < 1.29 is 4.79 Å². The Balaban J connectivity index is 1.53. The van der Waals surface area contributed by atoms with Gasteiger partial charge in [0.1, 0.15) is 5.69 Å². The molecule has 0 bridgehead atoms. The minimum absolute atomic E-state index is 0.0122. The number of nitrogens with zero attached hydrogens (tertiary/aromatic N) is 5. The molecule has 0 radical (unpaired) electrons. The summed E-state index contributed by atoms with van der Waals surface area (Å²) >= 11 is 0.